The van der Waals surface area contributed by atoms with Crippen LogP contribution < -0.4 is 4.74 Å². The van der Waals surface area contributed by atoms with Crippen LogP contribution in [-0.2, 0) is 11.3 Å². The van der Waals surface area contributed by atoms with Crippen LogP contribution in [0.25, 0.3) is 0 Å². The fraction of sp³-hybridized carbons (Fsp3) is 0.312. The van der Waals surface area contributed by atoms with E-state index in [9.17, 15) is 9.18 Å². The lowest BCUT2D eigenvalue weighted by Gasteiger charge is -2.10. The number of methoxy groups -OCH3 is 1. The minimum absolute atomic E-state index is 0.0990. The third-order valence-corrected chi connectivity index (χ3v) is 2.69. The Balaban J connectivity index is 0.00000116. The topological polar surface area (TPSA) is 61.3 Å². The molecule has 5 nitrogen and oxygen atoms in total. The van der Waals surface area contributed by atoms with Crippen molar-refractivity contribution in [2.75, 3.05) is 7.11 Å². The first-order valence-electron chi connectivity index (χ1n) is 6.89. The van der Waals surface area contributed by atoms with Crippen molar-refractivity contribution in [1.82, 2.24) is 9.97 Å². The number of rotatable bonds is 4. The average Bonchev–Trinajstić information content (AvgIpc) is 2.55. The Morgan fingerprint density at radius 3 is 2.59 bits per heavy atom. The van der Waals surface area contributed by atoms with Crippen LogP contribution in [0.2, 0.25) is 0 Å². The molecule has 118 valence electrons. The molecule has 0 amide bonds. The molecule has 0 atom stereocenters. The summed E-state index contributed by atoms with van der Waals surface area (Å²) < 4.78 is 23.5. The highest BCUT2D eigenvalue weighted by Gasteiger charge is 2.18. The summed E-state index contributed by atoms with van der Waals surface area (Å²) in [7, 11) is 1.27. The summed E-state index contributed by atoms with van der Waals surface area (Å²) in [5, 5.41) is 0. The lowest BCUT2D eigenvalue weighted by molar-refractivity contribution is 0.0593. The molecule has 0 radical (unpaired) electrons. The Morgan fingerprint density at radius 2 is 1.95 bits per heavy atom. The predicted molar refractivity (Wildman–Crippen MR) is 80.2 cm³/mol. The molecule has 2 aromatic heterocycles. The summed E-state index contributed by atoms with van der Waals surface area (Å²) in [5.74, 6) is -0.922. The summed E-state index contributed by atoms with van der Waals surface area (Å²) in [4.78, 5) is 19.5. The zero-order valence-electron chi connectivity index (χ0n) is 13.1. The van der Waals surface area contributed by atoms with Crippen LogP contribution in [0.15, 0.2) is 30.6 Å². The van der Waals surface area contributed by atoms with Crippen molar-refractivity contribution in [3.8, 4) is 5.88 Å². The van der Waals surface area contributed by atoms with E-state index in [1.54, 1.807) is 13.0 Å². The normalized spacial score (nSPS) is 9.50. The zero-order valence-corrected chi connectivity index (χ0v) is 13.1. The van der Waals surface area contributed by atoms with E-state index < -0.39 is 11.8 Å². The molecule has 0 aromatic carbocycles. The maximum atomic E-state index is 13.4. The minimum Gasteiger partial charge on any atom is -0.470 e. The van der Waals surface area contributed by atoms with Crippen molar-refractivity contribution in [2.45, 2.75) is 27.4 Å². The van der Waals surface area contributed by atoms with Crippen LogP contribution in [0.1, 0.15) is 35.5 Å². The highest BCUT2D eigenvalue weighted by atomic mass is 19.1. The maximum Gasteiger partial charge on any atom is 0.343 e. The summed E-state index contributed by atoms with van der Waals surface area (Å²) >= 11 is 0. The Morgan fingerprint density at radius 1 is 1.23 bits per heavy atom. The van der Waals surface area contributed by atoms with E-state index in [1.807, 2.05) is 13.8 Å². The zero-order chi connectivity index (χ0) is 16.5. The highest BCUT2D eigenvalue weighted by molar-refractivity contribution is 5.93. The van der Waals surface area contributed by atoms with Gasteiger partial charge in [0.15, 0.2) is 0 Å². The first-order chi connectivity index (χ1) is 10.6. The van der Waals surface area contributed by atoms with Gasteiger partial charge in [-0.1, -0.05) is 13.8 Å². The molecule has 0 bridgehead atoms. The smallest absolute Gasteiger partial charge is 0.343 e. The fourth-order valence-electron chi connectivity index (χ4n) is 1.65. The largest absolute Gasteiger partial charge is 0.470 e. The van der Waals surface area contributed by atoms with E-state index in [0.717, 1.165) is 0 Å². The molecule has 0 unspecified atom stereocenters. The molecule has 2 rings (SSSR count). The Hall–Kier alpha value is -2.50. The fourth-order valence-corrected chi connectivity index (χ4v) is 1.65. The van der Waals surface area contributed by atoms with Crippen LogP contribution >= 0.6 is 0 Å². The Labute approximate surface area is 129 Å². The van der Waals surface area contributed by atoms with Crippen LogP contribution in [0.3, 0.4) is 0 Å². The van der Waals surface area contributed by atoms with Gasteiger partial charge >= 0.3 is 5.97 Å². The van der Waals surface area contributed by atoms with Gasteiger partial charge in [0.05, 0.1) is 7.11 Å². The first-order valence-corrected chi connectivity index (χ1v) is 6.89. The quantitative estimate of drug-likeness (QED) is 0.811. The molecule has 0 saturated heterocycles. The summed E-state index contributed by atoms with van der Waals surface area (Å²) in [5.41, 5.74) is 1.04. The number of ether oxygens (including phenoxy) is 2. The van der Waals surface area contributed by atoms with E-state index in [-0.39, 0.29) is 23.7 Å². The Bertz CT molecular complexity index is 633. The number of aryl methyl sites for hydroxylation is 1. The van der Waals surface area contributed by atoms with Gasteiger partial charge in [-0.3, -0.25) is 4.98 Å². The molecule has 0 spiro atoms. The molecule has 0 saturated carbocycles. The molecule has 2 heterocycles. The van der Waals surface area contributed by atoms with Crippen LogP contribution in [0.5, 0.6) is 5.88 Å². The Kier molecular flexibility index (Phi) is 6.95. The average molecular weight is 306 g/mol. The van der Waals surface area contributed by atoms with E-state index in [4.69, 9.17) is 4.74 Å². The monoisotopic (exact) mass is 306 g/mol. The van der Waals surface area contributed by atoms with Gasteiger partial charge in [0.2, 0.25) is 5.88 Å². The standard InChI is InChI=1S/C14H13FN2O3.C2H6/c1-9-5-7-17-13(12(9)14(18)19-2)20-8-11-10(15)4-3-6-16-11;1-2/h3-7H,8H2,1-2H3;1-2H3. The van der Waals surface area contributed by atoms with Gasteiger partial charge in [-0.2, -0.15) is 0 Å². The van der Waals surface area contributed by atoms with Crippen LogP contribution in [0.4, 0.5) is 4.39 Å². The maximum absolute atomic E-state index is 13.4. The molecule has 6 heteroatoms. The van der Waals surface area contributed by atoms with Gasteiger partial charge in [-0.15, -0.1) is 0 Å². The van der Waals surface area contributed by atoms with Gasteiger partial charge in [-0.25, -0.2) is 14.2 Å². The van der Waals surface area contributed by atoms with Crippen molar-refractivity contribution < 1.29 is 18.7 Å². The van der Waals surface area contributed by atoms with Gasteiger partial charge in [0.1, 0.15) is 23.7 Å². The number of nitrogens with zero attached hydrogens (tertiary/aromatic N) is 2. The number of pyridine rings is 2. The minimum atomic E-state index is -0.549. The number of carbonyl (C=O) groups is 1. The molecule has 0 N–H and O–H groups in total. The van der Waals surface area contributed by atoms with Gasteiger partial charge in [0.25, 0.3) is 0 Å². The molecule has 0 aliphatic rings. The number of aromatic nitrogens is 2. The van der Waals surface area contributed by atoms with Gasteiger partial charge in [-0.05, 0) is 30.7 Å². The van der Waals surface area contributed by atoms with Crippen LogP contribution in [0, 0.1) is 12.7 Å². The summed E-state index contributed by atoms with van der Waals surface area (Å²) in [6, 6.07) is 4.45. The molecule has 0 aliphatic heterocycles. The molecular formula is C16H19FN2O3. The highest BCUT2D eigenvalue weighted by Crippen LogP contribution is 2.21. The molecule has 0 aliphatic carbocycles. The van der Waals surface area contributed by atoms with Crippen molar-refractivity contribution in [3.63, 3.8) is 0 Å². The second-order valence-electron chi connectivity index (χ2n) is 4.02. The van der Waals surface area contributed by atoms with E-state index in [2.05, 4.69) is 14.7 Å². The number of esters is 1. The molecule has 0 fully saturated rings. The van der Waals surface area contributed by atoms with Gasteiger partial charge < -0.3 is 9.47 Å². The van der Waals surface area contributed by atoms with Crippen molar-refractivity contribution in [2.24, 2.45) is 0 Å². The first kappa shape index (κ1) is 17.6. The second-order valence-corrected chi connectivity index (χ2v) is 4.02. The van der Waals surface area contributed by atoms with Crippen molar-refractivity contribution in [3.05, 3.63) is 53.2 Å². The third-order valence-electron chi connectivity index (χ3n) is 2.69. The summed E-state index contributed by atoms with van der Waals surface area (Å²) in [6.45, 7) is 5.62. The van der Waals surface area contributed by atoms with Gasteiger partial charge in [0, 0.05) is 12.4 Å². The molecular weight excluding hydrogens is 287 g/mol. The van der Waals surface area contributed by atoms with E-state index >= 15 is 0 Å². The number of hydrogen-bond donors (Lipinski definition) is 0. The number of carbonyl (C=O) groups excluding carboxylic acids is 1. The lowest BCUT2D eigenvalue weighted by Crippen LogP contribution is -2.10. The predicted octanol–water partition coefficient (Wildman–Crippen LogP) is 3.32. The van der Waals surface area contributed by atoms with Crippen molar-refractivity contribution >= 4 is 5.97 Å². The molecule has 22 heavy (non-hydrogen) atoms. The SMILES string of the molecule is CC.COC(=O)c1c(C)ccnc1OCc1ncccc1F. The molecule has 2 aromatic rings. The number of halogens is 1. The van der Waals surface area contributed by atoms with Crippen molar-refractivity contribution in [1.29, 1.82) is 0 Å². The van der Waals surface area contributed by atoms with Crippen LogP contribution in [-0.4, -0.2) is 23.0 Å². The van der Waals surface area contributed by atoms with E-state index in [1.165, 1.54) is 31.6 Å². The lowest BCUT2D eigenvalue weighted by atomic mass is 10.1. The summed E-state index contributed by atoms with van der Waals surface area (Å²) in [6.07, 6.45) is 2.97. The van der Waals surface area contributed by atoms with E-state index in [0.29, 0.717) is 5.56 Å². The second kappa shape index (κ2) is 8.71. The third kappa shape index (κ3) is 4.25. The number of hydrogen-bond acceptors (Lipinski definition) is 5.